The molecular weight excluding hydrogens is 596 g/mol. The van der Waals surface area contributed by atoms with Crippen LogP contribution >= 0.6 is 0 Å². The Hall–Kier alpha value is -5.09. The number of nitrogens with one attached hydrogen (secondary N) is 4. The molecule has 0 bridgehead atoms. The van der Waals surface area contributed by atoms with E-state index >= 15 is 0 Å². The summed E-state index contributed by atoms with van der Waals surface area (Å²) in [4.78, 5) is 98.9. The third-order valence-electron chi connectivity index (χ3n) is 7.31. The first-order chi connectivity index (χ1) is 21.1. The molecule has 1 fully saturated rings. The predicted octanol–water partition coefficient (Wildman–Crippen LogP) is 0.384. The Bertz CT molecular complexity index is 1300. The monoisotopic (exact) mass is 634 g/mol. The molecule has 45 heavy (non-hydrogen) atoms. The molecule has 0 saturated carbocycles. The number of aliphatic carboxylic acids is 2. The van der Waals surface area contributed by atoms with E-state index in [0.29, 0.717) is 12.8 Å². The number of likely N-dealkylation sites (tertiary alicyclic amines) is 1. The molecule has 1 aromatic rings. The zero-order chi connectivity index (χ0) is 33.8. The number of nitrogens with zero attached hydrogens (tertiary/aromatic N) is 2. The zero-order valence-corrected chi connectivity index (χ0v) is 25.1. The van der Waals surface area contributed by atoms with E-state index in [9.17, 15) is 53.9 Å². The SMILES string of the molecule is CC[C@H](C)[C@H](NC(C)=O)C(=O)N[C@H](CCC(=O)O)C(=O)N1CCC[C@H]1C(=O)N[C@H](CC(=O)O)C(=O)Nc1ccc([N+](=O)[O-])cc1. The lowest BCUT2D eigenvalue weighted by Crippen LogP contribution is -2.58. The van der Waals surface area contributed by atoms with Crippen molar-refractivity contribution in [1.29, 1.82) is 0 Å². The normalized spacial score (nSPS) is 16.8. The number of carboxylic acid groups (broad SMARTS) is 2. The zero-order valence-electron chi connectivity index (χ0n) is 25.1. The fourth-order valence-corrected chi connectivity index (χ4v) is 4.76. The van der Waals surface area contributed by atoms with E-state index in [1.54, 1.807) is 13.8 Å². The number of nitro benzene ring substituents is 1. The highest BCUT2D eigenvalue weighted by atomic mass is 16.6. The van der Waals surface area contributed by atoms with Crippen molar-refractivity contribution in [2.24, 2.45) is 5.92 Å². The number of rotatable bonds is 16. The number of carboxylic acids is 2. The maximum absolute atomic E-state index is 13.6. The second-order valence-electron chi connectivity index (χ2n) is 10.7. The summed E-state index contributed by atoms with van der Waals surface area (Å²) in [5.41, 5.74) is -0.127. The molecular formula is C28H38N6O11. The van der Waals surface area contributed by atoms with Gasteiger partial charge < -0.3 is 36.4 Å². The summed E-state index contributed by atoms with van der Waals surface area (Å²) in [6.45, 7) is 4.82. The number of benzene rings is 1. The number of non-ortho nitro benzene ring substituents is 1. The van der Waals surface area contributed by atoms with Crippen molar-refractivity contribution in [3.63, 3.8) is 0 Å². The van der Waals surface area contributed by atoms with Gasteiger partial charge in [-0.3, -0.25) is 43.7 Å². The van der Waals surface area contributed by atoms with E-state index < -0.39 is 83.4 Å². The Morgan fingerprint density at radius 3 is 2.16 bits per heavy atom. The number of amides is 5. The predicted molar refractivity (Wildman–Crippen MR) is 157 cm³/mol. The Kier molecular flexibility index (Phi) is 13.4. The van der Waals surface area contributed by atoms with Gasteiger partial charge in [-0.25, -0.2) is 0 Å². The Morgan fingerprint density at radius 1 is 0.978 bits per heavy atom. The summed E-state index contributed by atoms with van der Waals surface area (Å²) in [5, 5.41) is 39.3. The summed E-state index contributed by atoms with van der Waals surface area (Å²) in [7, 11) is 0. The van der Waals surface area contributed by atoms with E-state index in [1.165, 1.54) is 19.1 Å². The summed E-state index contributed by atoms with van der Waals surface area (Å²) < 4.78 is 0. The molecule has 1 heterocycles. The molecule has 17 nitrogen and oxygen atoms in total. The van der Waals surface area contributed by atoms with E-state index in [1.807, 2.05) is 0 Å². The number of anilines is 1. The molecule has 5 atom stereocenters. The highest BCUT2D eigenvalue weighted by molar-refractivity contribution is 6.00. The standard InChI is InChI=1S/C28H38N6O11/c1-4-15(2)24(29-16(3)35)27(42)31-19(11-12-22(36)37)28(43)33-13-5-6-21(33)26(41)32-20(14-23(38)39)25(40)30-17-7-9-18(10-8-17)34(44)45/h7-10,15,19-21,24H,4-6,11-14H2,1-3H3,(H,29,35)(H,30,40)(H,31,42)(H,32,41)(H,36,37)(H,38,39)/t15-,19+,20+,21-,24-/m0/s1. The van der Waals surface area contributed by atoms with Gasteiger partial charge in [0.1, 0.15) is 24.2 Å². The molecule has 17 heteroatoms. The van der Waals surface area contributed by atoms with Gasteiger partial charge >= 0.3 is 11.9 Å². The van der Waals surface area contributed by atoms with E-state index in [2.05, 4.69) is 21.3 Å². The van der Waals surface area contributed by atoms with Crippen LogP contribution in [0.1, 0.15) is 59.3 Å². The number of nitro groups is 1. The van der Waals surface area contributed by atoms with E-state index in [-0.39, 0.29) is 36.7 Å². The van der Waals surface area contributed by atoms with Crippen LogP contribution < -0.4 is 21.3 Å². The van der Waals surface area contributed by atoms with Gasteiger partial charge in [0.15, 0.2) is 0 Å². The Morgan fingerprint density at radius 2 is 1.62 bits per heavy atom. The maximum Gasteiger partial charge on any atom is 0.305 e. The van der Waals surface area contributed by atoms with Crippen LogP contribution in [0.2, 0.25) is 0 Å². The van der Waals surface area contributed by atoms with Gasteiger partial charge in [0.05, 0.1) is 11.3 Å². The van der Waals surface area contributed by atoms with Crippen molar-refractivity contribution in [1.82, 2.24) is 20.9 Å². The summed E-state index contributed by atoms with van der Waals surface area (Å²) in [5.74, 6) is -6.66. The Balaban J connectivity index is 2.23. The van der Waals surface area contributed by atoms with Crippen LogP contribution in [0.5, 0.6) is 0 Å². The van der Waals surface area contributed by atoms with Crippen LogP contribution in [-0.4, -0.2) is 92.2 Å². The molecule has 1 aliphatic rings. The van der Waals surface area contributed by atoms with Crippen LogP contribution in [0, 0.1) is 16.0 Å². The molecule has 0 aliphatic carbocycles. The van der Waals surface area contributed by atoms with E-state index in [0.717, 1.165) is 17.0 Å². The molecule has 5 amide bonds. The lowest BCUT2D eigenvalue weighted by atomic mass is 9.97. The lowest BCUT2D eigenvalue weighted by molar-refractivity contribution is -0.384. The highest BCUT2D eigenvalue weighted by Crippen LogP contribution is 2.21. The molecule has 0 unspecified atom stereocenters. The average Bonchev–Trinajstić information content (AvgIpc) is 3.47. The fraction of sp³-hybridized carbons (Fsp3) is 0.536. The first kappa shape index (κ1) is 36.1. The lowest BCUT2D eigenvalue weighted by Gasteiger charge is -2.31. The molecule has 6 N–H and O–H groups in total. The van der Waals surface area contributed by atoms with Crippen LogP contribution in [0.4, 0.5) is 11.4 Å². The molecule has 1 aromatic carbocycles. The van der Waals surface area contributed by atoms with Gasteiger partial charge in [0.25, 0.3) is 5.69 Å². The second-order valence-corrected chi connectivity index (χ2v) is 10.7. The van der Waals surface area contributed by atoms with Crippen molar-refractivity contribution in [3.05, 3.63) is 34.4 Å². The number of carbonyl (C=O) groups excluding carboxylic acids is 5. The van der Waals surface area contributed by atoms with Crippen LogP contribution in [-0.2, 0) is 33.6 Å². The van der Waals surface area contributed by atoms with Gasteiger partial charge in [0, 0.05) is 37.7 Å². The smallest absolute Gasteiger partial charge is 0.305 e. The van der Waals surface area contributed by atoms with Crippen LogP contribution in [0.15, 0.2) is 24.3 Å². The number of hydrogen-bond acceptors (Lipinski definition) is 9. The van der Waals surface area contributed by atoms with Crippen molar-refractivity contribution >= 4 is 52.8 Å². The molecule has 2 rings (SSSR count). The van der Waals surface area contributed by atoms with Crippen molar-refractivity contribution in [3.8, 4) is 0 Å². The van der Waals surface area contributed by atoms with Gasteiger partial charge in [0.2, 0.25) is 29.5 Å². The average molecular weight is 635 g/mol. The van der Waals surface area contributed by atoms with E-state index in [4.69, 9.17) is 0 Å². The first-order valence-electron chi connectivity index (χ1n) is 14.3. The van der Waals surface area contributed by atoms with Gasteiger partial charge in [-0.05, 0) is 37.3 Å². The largest absolute Gasteiger partial charge is 0.481 e. The minimum atomic E-state index is -1.58. The number of hydrogen-bond donors (Lipinski definition) is 6. The van der Waals surface area contributed by atoms with Crippen molar-refractivity contribution in [2.75, 3.05) is 11.9 Å². The van der Waals surface area contributed by atoms with Gasteiger partial charge in [-0.2, -0.15) is 0 Å². The minimum absolute atomic E-state index is 0.0649. The minimum Gasteiger partial charge on any atom is -0.481 e. The number of carbonyl (C=O) groups is 7. The third kappa shape index (κ3) is 10.8. The molecule has 0 spiro atoms. The van der Waals surface area contributed by atoms with Crippen LogP contribution in [0.25, 0.3) is 0 Å². The molecule has 0 aromatic heterocycles. The van der Waals surface area contributed by atoms with Gasteiger partial charge in [-0.1, -0.05) is 20.3 Å². The van der Waals surface area contributed by atoms with Crippen molar-refractivity contribution in [2.45, 2.75) is 83.5 Å². The molecule has 246 valence electrons. The van der Waals surface area contributed by atoms with Crippen LogP contribution in [0.3, 0.4) is 0 Å². The van der Waals surface area contributed by atoms with Crippen molar-refractivity contribution < 1.29 is 48.7 Å². The fourth-order valence-electron chi connectivity index (χ4n) is 4.76. The molecule has 1 aliphatic heterocycles. The highest BCUT2D eigenvalue weighted by Gasteiger charge is 2.40. The quantitative estimate of drug-likeness (QED) is 0.107. The molecule has 0 radical (unpaired) electrons. The summed E-state index contributed by atoms with van der Waals surface area (Å²) in [6.07, 6.45) is -0.611. The molecule has 1 saturated heterocycles. The summed E-state index contributed by atoms with van der Waals surface area (Å²) in [6, 6.07) is -0.386. The third-order valence-corrected chi connectivity index (χ3v) is 7.31. The second kappa shape index (κ2) is 16.7. The summed E-state index contributed by atoms with van der Waals surface area (Å²) >= 11 is 0. The maximum atomic E-state index is 13.6. The Labute approximate surface area is 258 Å². The van der Waals surface area contributed by atoms with Gasteiger partial charge in [-0.15, -0.1) is 0 Å². The first-order valence-corrected chi connectivity index (χ1v) is 14.3. The topological polar surface area (TPSA) is 254 Å².